The average molecular weight is 479 g/mol. The van der Waals surface area contributed by atoms with Crippen molar-refractivity contribution in [3.63, 3.8) is 0 Å². The van der Waals surface area contributed by atoms with Gasteiger partial charge in [-0.05, 0) is 42.3 Å². The number of rotatable bonds is 5. The highest BCUT2D eigenvalue weighted by Crippen LogP contribution is 2.44. The molecule has 3 amide bonds. The van der Waals surface area contributed by atoms with Crippen LogP contribution in [0.5, 0.6) is 0 Å². The number of fused-ring (bicyclic) bond motifs is 2. The molecule has 0 spiro atoms. The Morgan fingerprint density at radius 1 is 1.06 bits per heavy atom. The highest BCUT2D eigenvalue weighted by atomic mass is 32.2. The van der Waals surface area contributed by atoms with Gasteiger partial charge < -0.3 is 4.74 Å². The van der Waals surface area contributed by atoms with Gasteiger partial charge in [-0.2, -0.15) is 0 Å². The van der Waals surface area contributed by atoms with Gasteiger partial charge in [0.25, 0.3) is 23.4 Å². The highest BCUT2D eigenvalue weighted by molar-refractivity contribution is 8.00. The van der Waals surface area contributed by atoms with Crippen molar-refractivity contribution in [3.8, 4) is 0 Å². The van der Waals surface area contributed by atoms with E-state index in [0.29, 0.717) is 16.9 Å². The van der Waals surface area contributed by atoms with Crippen molar-refractivity contribution in [1.82, 2.24) is 9.80 Å². The molecule has 2 aromatic carbocycles. The third-order valence-corrected chi connectivity index (χ3v) is 7.35. The summed E-state index contributed by atoms with van der Waals surface area (Å²) in [6.45, 7) is 1.59. The first-order valence-corrected chi connectivity index (χ1v) is 11.4. The van der Waals surface area contributed by atoms with Gasteiger partial charge in [-0.15, -0.1) is 11.8 Å². The van der Waals surface area contributed by atoms with Crippen LogP contribution >= 0.6 is 11.8 Å². The first-order chi connectivity index (χ1) is 16.3. The molecule has 1 saturated heterocycles. The zero-order valence-electron chi connectivity index (χ0n) is 17.8. The lowest BCUT2D eigenvalue weighted by atomic mass is 10.0. The Labute approximate surface area is 197 Å². The Bertz CT molecular complexity index is 1270. The number of carbonyl (C=O) groups excluding carboxylic acids is 4. The minimum atomic E-state index is -0.997. The van der Waals surface area contributed by atoms with Crippen LogP contribution in [0.1, 0.15) is 33.2 Å². The van der Waals surface area contributed by atoms with Gasteiger partial charge in [0.05, 0.1) is 16.1 Å². The summed E-state index contributed by atoms with van der Waals surface area (Å²) < 4.78 is 5.38. The molecular formula is C23H17N3O7S. The van der Waals surface area contributed by atoms with Gasteiger partial charge >= 0.3 is 5.97 Å². The summed E-state index contributed by atoms with van der Waals surface area (Å²) in [4.78, 5) is 64.2. The number of thioether (sulfide) groups is 1. The third kappa shape index (κ3) is 3.27. The summed E-state index contributed by atoms with van der Waals surface area (Å²) in [5.41, 5.74) is 1.74. The van der Waals surface area contributed by atoms with Crippen molar-refractivity contribution >= 4 is 41.1 Å². The molecule has 0 N–H and O–H groups in total. The lowest BCUT2D eigenvalue weighted by molar-refractivity contribution is -0.384. The van der Waals surface area contributed by atoms with E-state index >= 15 is 0 Å². The maximum Gasteiger partial charge on any atom is 0.355 e. The molecule has 3 aliphatic heterocycles. The molecule has 2 atom stereocenters. The predicted octanol–water partition coefficient (Wildman–Crippen LogP) is 2.49. The van der Waals surface area contributed by atoms with Crippen LogP contribution in [0, 0.1) is 10.1 Å². The van der Waals surface area contributed by atoms with Crippen LogP contribution in [-0.4, -0.2) is 55.6 Å². The van der Waals surface area contributed by atoms with E-state index in [1.165, 1.54) is 40.9 Å². The highest BCUT2D eigenvalue weighted by Gasteiger charge is 2.59. The van der Waals surface area contributed by atoms with E-state index in [1.54, 1.807) is 31.2 Å². The van der Waals surface area contributed by atoms with Gasteiger partial charge in [0.15, 0.2) is 0 Å². The number of hydrogen-bond acceptors (Lipinski definition) is 8. The average Bonchev–Trinajstić information content (AvgIpc) is 3.08. The number of imide groups is 1. The van der Waals surface area contributed by atoms with E-state index in [1.807, 2.05) is 0 Å². The molecule has 3 aliphatic rings. The van der Waals surface area contributed by atoms with Crippen LogP contribution < -0.4 is 0 Å². The standard InChI is InChI=1S/C23H17N3O7S/c1-12-11-34-22-18(24-19(27)15-4-2-3-5-16(15)20(24)28)21(29)25(22)17(12)23(30)33-10-13-6-8-14(9-7-13)26(31)32/h2-9,18,22H,10-11H2,1H3/t18?,22-/m0/s1. The molecule has 172 valence electrons. The molecule has 0 saturated carbocycles. The van der Waals surface area contributed by atoms with Crippen molar-refractivity contribution in [2.45, 2.75) is 24.9 Å². The summed E-state index contributed by atoms with van der Waals surface area (Å²) >= 11 is 1.37. The van der Waals surface area contributed by atoms with Crippen molar-refractivity contribution in [3.05, 3.63) is 86.6 Å². The molecule has 1 fully saturated rings. The van der Waals surface area contributed by atoms with E-state index in [0.717, 1.165) is 4.90 Å². The fourth-order valence-corrected chi connectivity index (χ4v) is 5.57. The second-order valence-corrected chi connectivity index (χ2v) is 9.11. The molecule has 0 bridgehead atoms. The molecule has 5 rings (SSSR count). The maximum absolute atomic E-state index is 13.1. The number of benzene rings is 2. The summed E-state index contributed by atoms with van der Waals surface area (Å²) in [6.07, 6.45) is 0. The molecule has 34 heavy (non-hydrogen) atoms. The molecule has 1 unspecified atom stereocenters. The lowest BCUT2D eigenvalue weighted by Crippen LogP contribution is -2.71. The maximum atomic E-state index is 13.1. The Kier molecular flexibility index (Phi) is 5.20. The van der Waals surface area contributed by atoms with E-state index in [-0.39, 0.29) is 29.1 Å². The summed E-state index contributed by atoms with van der Waals surface area (Å²) in [5.74, 6) is -1.85. The number of nitrogens with zero attached hydrogens (tertiary/aromatic N) is 3. The Hall–Kier alpha value is -3.99. The van der Waals surface area contributed by atoms with E-state index in [2.05, 4.69) is 0 Å². The van der Waals surface area contributed by atoms with E-state index in [9.17, 15) is 29.3 Å². The smallest absolute Gasteiger partial charge is 0.355 e. The number of non-ortho nitro benzene ring substituents is 1. The first-order valence-electron chi connectivity index (χ1n) is 10.3. The van der Waals surface area contributed by atoms with E-state index < -0.39 is 40.0 Å². The van der Waals surface area contributed by atoms with Crippen LogP contribution in [0.2, 0.25) is 0 Å². The largest absolute Gasteiger partial charge is 0.456 e. The minimum Gasteiger partial charge on any atom is -0.456 e. The SMILES string of the molecule is CC1=C(C(=O)OCc2ccc([N+](=O)[O-])cc2)N2C(=O)C(N3C(=O)c4ccccc4C3=O)[C@@H]2SC1. The van der Waals surface area contributed by atoms with Gasteiger partial charge in [0, 0.05) is 17.9 Å². The number of β-lactam (4-membered cyclic amide) rings is 1. The van der Waals surface area contributed by atoms with Gasteiger partial charge in [-0.1, -0.05) is 12.1 Å². The number of esters is 1. The topological polar surface area (TPSA) is 127 Å². The number of nitro groups is 1. The van der Waals surface area contributed by atoms with Crippen molar-refractivity contribution in [2.24, 2.45) is 0 Å². The van der Waals surface area contributed by atoms with Crippen molar-refractivity contribution in [1.29, 1.82) is 0 Å². The monoisotopic (exact) mass is 479 g/mol. The molecule has 10 nitrogen and oxygen atoms in total. The first kappa shape index (κ1) is 21.8. The van der Waals surface area contributed by atoms with Crippen LogP contribution in [0.15, 0.2) is 59.8 Å². The van der Waals surface area contributed by atoms with Gasteiger partial charge in [0.2, 0.25) is 0 Å². The number of ether oxygens (including phenoxy) is 1. The number of nitro benzene ring substituents is 1. The molecule has 0 aromatic heterocycles. The normalized spacial score (nSPS) is 21.3. The molecular weight excluding hydrogens is 462 g/mol. The summed E-state index contributed by atoms with van der Waals surface area (Å²) in [5, 5.41) is 10.2. The zero-order chi connectivity index (χ0) is 24.1. The van der Waals surface area contributed by atoms with Gasteiger partial charge in [0.1, 0.15) is 23.7 Å². The quantitative estimate of drug-likeness (QED) is 0.210. The second kappa shape index (κ2) is 8.10. The molecule has 0 radical (unpaired) electrons. The van der Waals surface area contributed by atoms with Crippen LogP contribution in [0.25, 0.3) is 0 Å². The van der Waals surface area contributed by atoms with Crippen LogP contribution in [0.4, 0.5) is 5.69 Å². The molecule has 0 aliphatic carbocycles. The molecule has 11 heteroatoms. The fraction of sp³-hybridized carbons (Fsp3) is 0.217. The second-order valence-electron chi connectivity index (χ2n) is 8.01. The third-order valence-electron chi connectivity index (χ3n) is 5.94. The van der Waals surface area contributed by atoms with E-state index in [4.69, 9.17) is 4.74 Å². The summed E-state index contributed by atoms with van der Waals surface area (Å²) in [6, 6.07) is 11.0. The van der Waals surface area contributed by atoms with Crippen molar-refractivity contribution in [2.75, 3.05) is 5.75 Å². The Balaban J connectivity index is 1.32. The Morgan fingerprint density at radius 2 is 1.68 bits per heavy atom. The van der Waals surface area contributed by atoms with Crippen LogP contribution in [0.3, 0.4) is 0 Å². The molecule has 3 heterocycles. The number of amides is 3. The van der Waals surface area contributed by atoms with Gasteiger partial charge in [-0.25, -0.2) is 4.79 Å². The number of carbonyl (C=O) groups is 4. The summed E-state index contributed by atoms with van der Waals surface area (Å²) in [7, 11) is 0. The Morgan fingerprint density at radius 3 is 2.26 bits per heavy atom. The fourth-order valence-electron chi connectivity index (χ4n) is 4.24. The lowest BCUT2D eigenvalue weighted by Gasteiger charge is -2.51. The minimum absolute atomic E-state index is 0.0776. The number of hydrogen-bond donors (Lipinski definition) is 0. The van der Waals surface area contributed by atoms with Crippen LogP contribution in [-0.2, 0) is 20.9 Å². The zero-order valence-corrected chi connectivity index (χ0v) is 18.6. The van der Waals surface area contributed by atoms with Gasteiger partial charge in [-0.3, -0.25) is 34.3 Å². The van der Waals surface area contributed by atoms with Crippen molar-refractivity contribution < 1.29 is 28.8 Å². The predicted molar refractivity (Wildman–Crippen MR) is 119 cm³/mol. The molecule has 2 aromatic rings.